The second-order valence-corrected chi connectivity index (χ2v) is 7.06. The van der Waals surface area contributed by atoms with E-state index in [2.05, 4.69) is 0 Å². The van der Waals surface area contributed by atoms with Crippen molar-refractivity contribution in [2.45, 2.75) is 18.1 Å². The number of halogens is 1. The lowest BCUT2D eigenvalue weighted by atomic mass is 10.0. The van der Waals surface area contributed by atoms with Crippen LogP contribution in [0.25, 0.3) is 11.1 Å². The van der Waals surface area contributed by atoms with Gasteiger partial charge in [0.05, 0.1) is 0 Å². The quantitative estimate of drug-likeness (QED) is 0.777. The molecule has 0 spiro atoms. The Kier molecular flexibility index (Phi) is 5.41. The summed E-state index contributed by atoms with van der Waals surface area (Å²) in [5.74, 6) is -1.56. The highest BCUT2D eigenvalue weighted by Crippen LogP contribution is 2.27. The van der Waals surface area contributed by atoms with Gasteiger partial charge in [0.25, 0.3) is 10.1 Å². The summed E-state index contributed by atoms with van der Waals surface area (Å²) in [6.45, 7) is 0. The van der Waals surface area contributed by atoms with Crippen molar-refractivity contribution in [3.05, 3.63) is 59.1 Å². The molecule has 0 amide bonds. The zero-order valence-electron chi connectivity index (χ0n) is 12.0. The number of aryl methyl sites for hydroxylation is 1. The molecule has 0 aliphatic heterocycles. The molecule has 0 aliphatic rings. The first kappa shape index (κ1) is 17.5. The molecule has 0 aromatic heterocycles. The van der Waals surface area contributed by atoms with Gasteiger partial charge in [-0.25, -0.2) is 0 Å². The molecular formula is C16H15ClO5S. The molecular weight excluding hydrogens is 340 g/mol. The minimum Gasteiger partial charge on any atom is -0.480 e. The molecule has 2 rings (SSSR count). The average Bonchev–Trinajstić information content (AvgIpc) is 2.47. The lowest BCUT2D eigenvalue weighted by Gasteiger charge is -2.10. The Bertz CT molecular complexity index is 799. The fourth-order valence-electron chi connectivity index (χ4n) is 2.24. The summed E-state index contributed by atoms with van der Waals surface area (Å²) in [5, 5.41) is 7.66. The number of carbonyl (C=O) groups is 1. The van der Waals surface area contributed by atoms with Crippen molar-refractivity contribution in [2.75, 3.05) is 0 Å². The first-order chi connectivity index (χ1) is 10.8. The van der Waals surface area contributed by atoms with Gasteiger partial charge >= 0.3 is 5.97 Å². The number of carboxylic acid groups (broad SMARTS) is 1. The van der Waals surface area contributed by atoms with Crippen molar-refractivity contribution in [1.29, 1.82) is 0 Å². The zero-order valence-corrected chi connectivity index (χ0v) is 13.6. The van der Waals surface area contributed by atoms with Crippen LogP contribution in [0.15, 0.2) is 48.5 Å². The van der Waals surface area contributed by atoms with Gasteiger partial charge in [-0.2, -0.15) is 8.42 Å². The van der Waals surface area contributed by atoms with Gasteiger partial charge < -0.3 is 5.11 Å². The third kappa shape index (κ3) is 4.54. The van der Waals surface area contributed by atoms with Crippen molar-refractivity contribution < 1.29 is 22.9 Å². The van der Waals surface area contributed by atoms with E-state index in [1.165, 1.54) is 0 Å². The molecule has 0 saturated heterocycles. The van der Waals surface area contributed by atoms with E-state index in [4.69, 9.17) is 21.3 Å². The Morgan fingerprint density at radius 3 is 2.22 bits per heavy atom. The molecule has 122 valence electrons. The lowest BCUT2D eigenvalue weighted by Crippen LogP contribution is -2.30. The third-order valence-corrected chi connectivity index (χ3v) is 4.96. The van der Waals surface area contributed by atoms with Crippen molar-refractivity contribution in [3.63, 3.8) is 0 Å². The van der Waals surface area contributed by atoms with Crippen LogP contribution >= 0.6 is 11.6 Å². The Morgan fingerprint density at radius 1 is 1.09 bits per heavy atom. The van der Waals surface area contributed by atoms with Gasteiger partial charge in [-0.05, 0) is 30.0 Å². The van der Waals surface area contributed by atoms with Crippen LogP contribution in [0.5, 0.6) is 0 Å². The second-order valence-electron chi connectivity index (χ2n) is 5.06. The van der Waals surface area contributed by atoms with Crippen LogP contribution in [0, 0.1) is 0 Å². The SMILES string of the molecule is O=C(O)C(CCc1ccc(-c2ccccc2Cl)cc1)S(=O)(=O)O. The molecule has 0 aliphatic carbocycles. The number of aliphatic carboxylic acids is 1. The van der Waals surface area contributed by atoms with Crippen LogP contribution < -0.4 is 0 Å². The number of hydrogen-bond acceptors (Lipinski definition) is 3. The third-order valence-electron chi connectivity index (χ3n) is 3.47. The molecule has 2 aromatic rings. The Morgan fingerprint density at radius 2 is 1.70 bits per heavy atom. The van der Waals surface area contributed by atoms with Gasteiger partial charge in [-0.1, -0.05) is 54.1 Å². The van der Waals surface area contributed by atoms with Gasteiger partial charge in [0.1, 0.15) is 0 Å². The highest BCUT2D eigenvalue weighted by atomic mass is 35.5. The van der Waals surface area contributed by atoms with Gasteiger partial charge in [-0.15, -0.1) is 0 Å². The Balaban J connectivity index is 2.12. The maximum atomic E-state index is 11.0. The van der Waals surface area contributed by atoms with Gasteiger partial charge in [-0.3, -0.25) is 9.35 Å². The smallest absolute Gasteiger partial charge is 0.324 e. The van der Waals surface area contributed by atoms with Crippen LogP contribution in [-0.4, -0.2) is 29.3 Å². The monoisotopic (exact) mass is 354 g/mol. The van der Waals surface area contributed by atoms with E-state index in [0.29, 0.717) is 5.02 Å². The summed E-state index contributed by atoms with van der Waals surface area (Å²) < 4.78 is 31.0. The fraction of sp³-hybridized carbons (Fsp3) is 0.188. The van der Waals surface area contributed by atoms with Crippen LogP contribution in [0.2, 0.25) is 5.02 Å². The van der Waals surface area contributed by atoms with Crippen LogP contribution in [-0.2, 0) is 21.3 Å². The Labute approximate surface area is 139 Å². The van der Waals surface area contributed by atoms with Crippen LogP contribution in [0.1, 0.15) is 12.0 Å². The molecule has 0 saturated carbocycles. The predicted octanol–water partition coefficient (Wildman–Crippen LogP) is 3.28. The number of rotatable bonds is 6. The molecule has 0 bridgehead atoms. The van der Waals surface area contributed by atoms with Crippen LogP contribution in [0.3, 0.4) is 0 Å². The lowest BCUT2D eigenvalue weighted by molar-refractivity contribution is -0.136. The highest BCUT2D eigenvalue weighted by Gasteiger charge is 2.30. The standard InChI is InChI=1S/C16H15ClO5S/c17-14-4-2-1-3-13(14)12-8-5-11(6-9-12)7-10-15(16(18)19)23(20,21)22/h1-6,8-9,15H,7,10H2,(H,18,19)(H,20,21,22). The molecule has 5 nitrogen and oxygen atoms in total. The summed E-state index contributed by atoms with van der Waals surface area (Å²) in [7, 11) is -4.61. The minimum absolute atomic E-state index is 0.195. The molecule has 0 radical (unpaired) electrons. The number of carboxylic acids is 1. The van der Waals surface area contributed by atoms with E-state index < -0.39 is 21.3 Å². The molecule has 23 heavy (non-hydrogen) atoms. The molecule has 7 heteroatoms. The predicted molar refractivity (Wildman–Crippen MR) is 88.2 cm³/mol. The molecule has 2 aromatic carbocycles. The summed E-state index contributed by atoms with van der Waals surface area (Å²) in [6, 6.07) is 14.6. The van der Waals surface area contributed by atoms with E-state index >= 15 is 0 Å². The van der Waals surface area contributed by atoms with E-state index in [-0.39, 0.29) is 12.8 Å². The Hall–Kier alpha value is -1.89. The zero-order chi connectivity index (χ0) is 17.0. The number of benzene rings is 2. The van der Waals surface area contributed by atoms with Crippen molar-refractivity contribution in [2.24, 2.45) is 0 Å². The van der Waals surface area contributed by atoms with Crippen molar-refractivity contribution in [3.8, 4) is 11.1 Å². The van der Waals surface area contributed by atoms with Gasteiger partial charge in [0, 0.05) is 10.6 Å². The topological polar surface area (TPSA) is 91.7 Å². The molecule has 2 N–H and O–H groups in total. The van der Waals surface area contributed by atoms with Gasteiger partial charge in [0.2, 0.25) is 0 Å². The fourth-order valence-corrected chi connectivity index (χ4v) is 3.16. The first-order valence-corrected chi connectivity index (χ1v) is 8.70. The molecule has 0 heterocycles. The van der Waals surface area contributed by atoms with Gasteiger partial charge in [0.15, 0.2) is 5.25 Å². The second kappa shape index (κ2) is 7.12. The normalized spacial score (nSPS) is 12.8. The first-order valence-electron chi connectivity index (χ1n) is 6.82. The summed E-state index contributed by atoms with van der Waals surface area (Å²) in [4.78, 5) is 10.9. The van der Waals surface area contributed by atoms with Crippen molar-refractivity contribution >= 4 is 27.7 Å². The summed E-state index contributed by atoms with van der Waals surface area (Å²) in [5.41, 5.74) is 2.56. The van der Waals surface area contributed by atoms with E-state index in [1.54, 1.807) is 18.2 Å². The van der Waals surface area contributed by atoms with Crippen molar-refractivity contribution in [1.82, 2.24) is 0 Å². The van der Waals surface area contributed by atoms with E-state index in [0.717, 1.165) is 16.7 Å². The summed E-state index contributed by atoms with van der Waals surface area (Å²) >= 11 is 6.13. The van der Waals surface area contributed by atoms with E-state index in [9.17, 15) is 13.2 Å². The average molecular weight is 355 g/mol. The van der Waals surface area contributed by atoms with Crippen LogP contribution in [0.4, 0.5) is 0 Å². The highest BCUT2D eigenvalue weighted by molar-refractivity contribution is 7.87. The molecule has 1 unspecified atom stereocenters. The van der Waals surface area contributed by atoms with E-state index in [1.807, 2.05) is 30.3 Å². The largest absolute Gasteiger partial charge is 0.480 e. The maximum absolute atomic E-state index is 11.0. The number of hydrogen-bond donors (Lipinski definition) is 2. The molecule has 1 atom stereocenters. The maximum Gasteiger partial charge on any atom is 0.324 e. The minimum atomic E-state index is -4.61. The summed E-state index contributed by atoms with van der Waals surface area (Å²) in [6.07, 6.45) is 0.0269. The molecule has 0 fully saturated rings.